The van der Waals surface area contributed by atoms with Gasteiger partial charge in [0.05, 0.1) is 17.6 Å². The standard InChI is InChI=1S/C46H38N4O11/c1-25-36(16-14-34(41(25)53)45(57)50-37-17-15-35(46(58)59)42(54)26(37)2)49-43(55)30-9-11-32(12-10-30)48-44(56)31(19-20-47)23-38(52)29-7-3-27(4-8-29)21-33(51)13-5-28-6-18-39-40(22-28)61-24-60-39/h3-18,22,31,53-54H,19,21,23-24H2,1-2H3,(H,48,56)(H,49,55)(H,50,57)(H,58,59)/b13-5+. The quantitative estimate of drug-likeness (QED) is 0.0453. The highest BCUT2D eigenvalue weighted by Gasteiger charge is 2.24. The highest BCUT2D eigenvalue weighted by molar-refractivity contribution is 6.09. The van der Waals surface area contributed by atoms with Crippen LogP contribution in [0.4, 0.5) is 17.1 Å². The number of carboxylic acid groups (broad SMARTS) is 1. The molecule has 0 saturated heterocycles. The van der Waals surface area contributed by atoms with E-state index in [4.69, 9.17) is 9.47 Å². The number of fused-ring (bicyclic) bond motifs is 1. The Morgan fingerprint density at radius 2 is 1.34 bits per heavy atom. The largest absolute Gasteiger partial charge is 0.507 e. The van der Waals surface area contributed by atoms with Gasteiger partial charge in [0, 0.05) is 58.6 Å². The minimum atomic E-state index is -1.34. The molecule has 5 aromatic carbocycles. The van der Waals surface area contributed by atoms with Crippen LogP contribution in [-0.4, -0.2) is 57.4 Å². The lowest BCUT2D eigenvalue weighted by Crippen LogP contribution is -2.25. The Balaban J connectivity index is 1.01. The van der Waals surface area contributed by atoms with E-state index in [9.17, 15) is 49.3 Å². The molecular weight excluding hydrogens is 785 g/mol. The molecule has 0 aliphatic carbocycles. The Bertz CT molecular complexity index is 2650. The maximum Gasteiger partial charge on any atom is 0.339 e. The van der Waals surface area contributed by atoms with E-state index in [-0.39, 0.29) is 76.8 Å². The topological polar surface area (TPSA) is 241 Å². The summed E-state index contributed by atoms with van der Waals surface area (Å²) in [6, 6.07) is 24.8. The van der Waals surface area contributed by atoms with Crippen LogP contribution in [0, 0.1) is 31.1 Å². The van der Waals surface area contributed by atoms with Crippen molar-refractivity contribution in [3.05, 3.63) is 142 Å². The number of carboxylic acids is 1. The van der Waals surface area contributed by atoms with Crippen molar-refractivity contribution in [2.45, 2.75) is 33.1 Å². The van der Waals surface area contributed by atoms with Crippen molar-refractivity contribution in [2.24, 2.45) is 5.92 Å². The van der Waals surface area contributed by atoms with E-state index in [1.807, 2.05) is 12.1 Å². The van der Waals surface area contributed by atoms with Crippen LogP contribution < -0.4 is 25.4 Å². The van der Waals surface area contributed by atoms with Gasteiger partial charge in [-0.2, -0.15) is 5.26 Å². The van der Waals surface area contributed by atoms with Gasteiger partial charge in [-0.3, -0.25) is 24.0 Å². The Morgan fingerprint density at radius 3 is 2.00 bits per heavy atom. The molecule has 0 aromatic heterocycles. The predicted molar refractivity (Wildman–Crippen MR) is 223 cm³/mol. The smallest absolute Gasteiger partial charge is 0.339 e. The number of allylic oxidation sites excluding steroid dienone is 1. The number of hydrogen-bond acceptors (Lipinski definition) is 11. The lowest BCUT2D eigenvalue weighted by Gasteiger charge is -2.15. The summed E-state index contributed by atoms with van der Waals surface area (Å²) in [5, 5.41) is 47.6. The minimum absolute atomic E-state index is 0.108. The number of amides is 3. The van der Waals surface area contributed by atoms with Crippen molar-refractivity contribution in [3.8, 4) is 29.1 Å². The number of ketones is 2. The van der Waals surface area contributed by atoms with E-state index in [1.54, 1.807) is 42.5 Å². The molecule has 3 amide bonds. The number of nitriles is 1. The zero-order valence-electron chi connectivity index (χ0n) is 32.8. The average molecular weight is 823 g/mol. The molecule has 0 saturated carbocycles. The van der Waals surface area contributed by atoms with E-state index in [1.165, 1.54) is 62.4 Å². The molecule has 0 fully saturated rings. The average Bonchev–Trinajstić information content (AvgIpc) is 3.72. The molecule has 0 spiro atoms. The van der Waals surface area contributed by atoms with Gasteiger partial charge < -0.3 is 40.7 Å². The van der Waals surface area contributed by atoms with E-state index in [0.29, 0.717) is 28.3 Å². The summed E-state index contributed by atoms with van der Waals surface area (Å²) in [5.41, 5.74) is 2.44. The number of aromatic carboxylic acids is 1. The van der Waals surface area contributed by atoms with Crippen molar-refractivity contribution in [1.82, 2.24) is 0 Å². The molecule has 1 aliphatic rings. The monoisotopic (exact) mass is 822 g/mol. The number of phenols is 2. The van der Waals surface area contributed by atoms with E-state index < -0.39 is 41.1 Å². The summed E-state index contributed by atoms with van der Waals surface area (Å²) in [4.78, 5) is 76.4. The first-order valence-corrected chi connectivity index (χ1v) is 18.7. The molecule has 1 atom stereocenters. The van der Waals surface area contributed by atoms with E-state index >= 15 is 0 Å². The molecule has 0 radical (unpaired) electrons. The summed E-state index contributed by atoms with van der Waals surface area (Å²) in [6.45, 7) is 3.07. The van der Waals surface area contributed by atoms with Crippen LogP contribution in [0.25, 0.3) is 6.08 Å². The van der Waals surface area contributed by atoms with Crippen molar-refractivity contribution in [3.63, 3.8) is 0 Å². The van der Waals surface area contributed by atoms with E-state index in [0.717, 1.165) is 11.6 Å². The fraction of sp³-hybridized carbons (Fsp3) is 0.152. The van der Waals surface area contributed by atoms with Gasteiger partial charge >= 0.3 is 5.97 Å². The third-order valence-corrected chi connectivity index (χ3v) is 9.90. The zero-order valence-corrected chi connectivity index (χ0v) is 32.8. The summed E-state index contributed by atoms with van der Waals surface area (Å²) in [7, 11) is 0. The summed E-state index contributed by atoms with van der Waals surface area (Å²) < 4.78 is 10.7. The molecule has 308 valence electrons. The van der Waals surface area contributed by atoms with Gasteiger partial charge in [-0.05, 0) is 91.7 Å². The Kier molecular flexibility index (Phi) is 12.9. The Hall–Kier alpha value is -8.25. The fourth-order valence-electron chi connectivity index (χ4n) is 6.34. The number of ether oxygens (including phenoxy) is 2. The molecule has 1 heterocycles. The van der Waals surface area contributed by atoms with Crippen LogP contribution in [0.3, 0.4) is 0 Å². The first kappa shape index (κ1) is 42.4. The lowest BCUT2D eigenvalue weighted by atomic mass is 9.94. The zero-order chi connectivity index (χ0) is 43.8. The highest BCUT2D eigenvalue weighted by atomic mass is 16.7. The number of phenolic OH excluding ortho intramolecular Hbond substituents is 1. The maximum absolute atomic E-state index is 13.2. The van der Waals surface area contributed by atoms with Crippen LogP contribution in [-0.2, 0) is 16.0 Å². The van der Waals surface area contributed by atoms with Gasteiger partial charge in [0.25, 0.3) is 11.8 Å². The fourth-order valence-corrected chi connectivity index (χ4v) is 6.34. The number of hydrogen-bond donors (Lipinski definition) is 6. The van der Waals surface area contributed by atoms with Crippen LogP contribution in [0.5, 0.6) is 23.0 Å². The second-order valence-corrected chi connectivity index (χ2v) is 14.0. The third kappa shape index (κ3) is 10.1. The molecule has 15 nitrogen and oxygen atoms in total. The molecule has 6 rings (SSSR count). The van der Waals surface area contributed by atoms with Gasteiger partial charge in [0.1, 0.15) is 17.1 Å². The number of carbonyl (C=O) groups is 6. The molecule has 1 unspecified atom stereocenters. The van der Waals surface area contributed by atoms with Crippen LogP contribution >= 0.6 is 0 Å². The molecule has 6 N–H and O–H groups in total. The number of rotatable bonds is 15. The van der Waals surface area contributed by atoms with Crippen LogP contribution in [0.2, 0.25) is 0 Å². The van der Waals surface area contributed by atoms with Gasteiger partial charge in [-0.25, -0.2) is 4.79 Å². The second kappa shape index (κ2) is 18.6. The number of aromatic hydroxyl groups is 2. The summed E-state index contributed by atoms with van der Waals surface area (Å²) >= 11 is 0. The number of Topliss-reactive ketones (excluding diaryl/α,β-unsaturated/α-hetero) is 1. The van der Waals surface area contributed by atoms with Gasteiger partial charge in [0.15, 0.2) is 23.1 Å². The van der Waals surface area contributed by atoms with E-state index in [2.05, 4.69) is 16.0 Å². The highest BCUT2D eigenvalue weighted by Crippen LogP contribution is 2.34. The van der Waals surface area contributed by atoms with Crippen LogP contribution in [0.1, 0.15) is 76.5 Å². The number of benzene rings is 5. The van der Waals surface area contributed by atoms with Gasteiger partial charge in [0.2, 0.25) is 12.7 Å². The molecule has 0 bridgehead atoms. The van der Waals surface area contributed by atoms with Crippen molar-refractivity contribution < 1.29 is 53.6 Å². The lowest BCUT2D eigenvalue weighted by molar-refractivity contribution is -0.119. The van der Waals surface area contributed by atoms with Crippen molar-refractivity contribution in [2.75, 3.05) is 22.7 Å². The van der Waals surface area contributed by atoms with Crippen molar-refractivity contribution >= 4 is 58.4 Å². The SMILES string of the molecule is Cc1c(NC(=O)c2ccc(NC(=O)c3ccc(NC(=O)C(CC#N)CC(=O)c4ccc(CC(=O)/C=C/c5ccc6c(c5)OCO6)cc4)cc3)c(C)c2O)ccc(C(=O)O)c1O. The third-order valence-electron chi connectivity index (χ3n) is 9.90. The Morgan fingerprint density at radius 1 is 0.738 bits per heavy atom. The van der Waals surface area contributed by atoms with Gasteiger partial charge in [-0.1, -0.05) is 36.4 Å². The minimum Gasteiger partial charge on any atom is -0.507 e. The molecule has 1 aliphatic heterocycles. The van der Waals surface area contributed by atoms with Crippen molar-refractivity contribution in [1.29, 1.82) is 5.26 Å². The maximum atomic E-state index is 13.2. The summed E-state index contributed by atoms with van der Waals surface area (Å²) in [5.74, 6) is -4.37. The first-order chi connectivity index (χ1) is 29.2. The Labute approximate surface area is 348 Å². The first-order valence-electron chi connectivity index (χ1n) is 18.7. The van der Waals surface area contributed by atoms with Gasteiger partial charge in [-0.15, -0.1) is 0 Å². The van der Waals surface area contributed by atoms with Crippen LogP contribution in [0.15, 0.2) is 97.1 Å². The summed E-state index contributed by atoms with van der Waals surface area (Å²) in [6.07, 6.45) is 2.79. The second-order valence-electron chi connectivity index (χ2n) is 14.0. The number of anilines is 3. The predicted octanol–water partition coefficient (Wildman–Crippen LogP) is 7.21. The molecule has 61 heavy (non-hydrogen) atoms. The normalized spacial score (nSPS) is 12.0. The number of nitrogens with one attached hydrogen (secondary N) is 3. The molecular formula is C46H38N4O11. The number of nitrogens with zero attached hydrogens (tertiary/aromatic N) is 1. The molecule has 5 aromatic rings. The molecule has 15 heteroatoms. The number of carbonyl (C=O) groups excluding carboxylic acids is 5.